The van der Waals surface area contributed by atoms with Crippen molar-refractivity contribution in [3.8, 4) is 0 Å². The number of benzene rings is 1. The first kappa shape index (κ1) is 13.4. The molecular formula is C13H16F3NO. The van der Waals surface area contributed by atoms with Crippen molar-refractivity contribution in [2.45, 2.75) is 44.4 Å². The maximum Gasteiger partial charge on any atom is 0.194 e. The molecule has 1 aliphatic heterocycles. The van der Waals surface area contributed by atoms with Crippen molar-refractivity contribution in [3.63, 3.8) is 0 Å². The Morgan fingerprint density at radius 2 is 1.83 bits per heavy atom. The van der Waals surface area contributed by atoms with Crippen LogP contribution in [-0.2, 0) is 0 Å². The Kier molecular flexibility index (Phi) is 3.92. The van der Waals surface area contributed by atoms with Gasteiger partial charge >= 0.3 is 0 Å². The second kappa shape index (κ2) is 5.28. The largest absolute Gasteiger partial charge is 0.392 e. The quantitative estimate of drug-likeness (QED) is 0.800. The van der Waals surface area contributed by atoms with Crippen LogP contribution in [0.4, 0.5) is 13.2 Å². The van der Waals surface area contributed by atoms with E-state index in [1.807, 2.05) is 0 Å². The third kappa shape index (κ3) is 2.67. The van der Waals surface area contributed by atoms with Crippen LogP contribution in [0.3, 0.4) is 0 Å². The summed E-state index contributed by atoms with van der Waals surface area (Å²) in [5.41, 5.74) is 0.386. The van der Waals surface area contributed by atoms with Crippen molar-refractivity contribution in [1.29, 1.82) is 0 Å². The van der Waals surface area contributed by atoms with Gasteiger partial charge in [0.25, 0.3) is 0 Å². The number of halogens is 3. The summed E-state index contributed by atoms with van der Waals surface area (Å²) < 4.78 is 39.2. The highest BCUT2D eigenvalue weighted by Gasteiger charge is 2.26. The van der Waals surface area contributed by atoms with Gasteiger partial charge in [-0.25, -0.2) is 13.2 Å². The van der Waals surface area contributed by atoms with Gasteiger partial charge in [-0.3, -0.25) is 0 Å². The van der Waals surface area contributed by atoms with Crippen molar-refractivity contribution in [3.05, 3.63) is 35.1 Å². The fraction of sp³-hybridized carbons (Fsp3) is 0.538. The smallest absolute Gasteiger partial charge is 0.194 e. The summed E-state index contributed by atoms with van der Waals surface area (Å²) >= 11 is 0. The van der Waals surface area contributed by atoms with Crippen molar-refractivity contribution >= 4 is 0 Å². The average molecular weight is 259 g/mol. The van der Waals surface area contributed by atoms with E-state index in [1.165, 1.54) is 0 Å². The van der Waals surface area contributed by atoms with Gasteiger partial charge in [0.15, 0.2) is 17.5 Å². The van der Waals surface area contributed by atoms with Gasteiger partial charge in [0, 0.05) is 12.1 Å². The molecule has 100 valence electrons. The fourth-order valence-electron chi connectivity index (χ4n) is 2.39. The van der Waals surface area contributed by atoms with Crippen LogP contribution < -0.4 is 5.32 Å². The standard InChI is InChI=1S/C13H16F3NO/c1-7(18)11-3-2-4-12(17-11)8-5-9(14)13(16)10(15)6-8/h5-7,11-12,17-18H,2-4H2,1H3/t7?,11-,12+/m1/s1. The van der Waals surface area contributed by atoms with E-state index < -0.39 is 23.6 Å². The Bertz CT molecular complexity index is 413. The predicted molar refractivity (Wildman–Crippen MR) is 61.5 cm³/mol. The molecule has 18 heavy (non-hydrogen) atoms. The van der Waals surface area contributed by atoms with Crippen LogP contribution in [0.2, 0.25) is 0 Å². The number of aliphatic hydroxyl groups excluding tert-OH is 1. The van der Waals surface area contributed by atoms with Gasteiger partial charge in [-0.05, 0) is 43.9 Å². The topological polar surface area (TPSA) is 32.3 Å². The molecule has 0 saturated carbocycles. The molecule has 0 aromatic heterocycles. The molecule has 0 bridgehead atoms. The molecular weight excluding hydrogens is 243 g/mol. The maximum atomic E-state index is 13.2. The maximum absolute atomic E-state index is 13.2. The van der Waals surface area contributed by atoms with Crippen molar-refractivity contribution in [2.75, 3.05) is 0 Å². The number of rotatable bonds is 2. The van der Waals surface area contributed by atoms with E-state index in [-0.39, 0.29) is 12.1 Å². The molecule has 2 nitrogen and oxygen atoms in total. The molecule has 1 aliphatic rings. The average Bonchev–Trinajstić information content (AvgIpc) is 2.35. The van der Waals surface area contributed by atoms with Crippen molar-refractivity contribution in [1.82, 2.24) is 5.32 Å². The number of aliphatic hydroxyl groups is 1. The van der Waals surface area contributed by atoms with E-state index in [0.29, 0.717) is 12.0 Å². The zero-order valence-corrected chi connectivity index (χ0v) is 10.1. The lowest BCUT2D eigenvalue weighted by Crippen LogP contribution is -2.43. The zero-order chi connectivity index (χ0) is 13.3. The Morgan fingerprint density at radius 1 is 1.22 bits per heavy atom. The first-order valence-electron chi connectivity index (χ1n) is 6.07. The Balaban J connectivity index is 2.21. The molecule has 0 spiro atoms. The fourth-order valence-corrected chi connectivity index (χ4v) is 2.39. The molecule has 0 radical (unpaired) electrons. The number of nitrogens with one attached hydrogen (secondary N) is 1. The van der Waals surface area contributed by atoms with E-state index in [4.69, 9.17) is 0 Å². The molecule has 3 atom stereocenters. The van der Waals surface area contributed by atoms with Gasteiger partial charge < -0.3 is 10.4 Å². The predicted octanol–water partition coefficient (Wildman–Crippen LogP) is 2.67. The van der Waals surface area contributed by atoms with Crippen LogP contribution in [0, 0.1) is 17.5 Å². The molecule has 1 heterocycles. The van der Waals surface area contributed by atoms with Crippen LogP contribution in [0.5, 0.6) is 0 Å². The summed E-state index contributed by atoms with van der Waals surface area (Å²) in [5.74, 6) is -3.79. The highest BCUT2D eigenvalue weighted by Crippen LogP contribution is 2.28. The first-order valence-corrected chi connectivity index (χ1v) is 6.07. The molecule has 2 N–H and O–H groups in total. The van der Waals surface area contributed by atoms with Crippen molar-refractivity contribution in [2.24, 2.45) is 0 Å². The SMILES string of the molecule is CC(O)[C@H]1CCC[C@@H](c2cc(F)c(F)c(F)c2)N1. The number of hydrogen-bond acceptors (Lipinski definition) is 2. The van der Waals surface area contributed by atoms with Crippen LogP contribution in [-0.4, -0.2) is 17.3 Å². The van der Waals surface area contributed by atoms with Gasteiger partial charge in [-0.15, -0.1) is 0 Å². The van der Waals surface area contributed by atoms with Crippen LogP contribution in [0.1, 0.15) is 37.8 Å². The highest BCUT2D eigenvalue weighted by atomic mass is 19.2. The normalized spacial score (nSPS) is 26.1. The zero-order valence-electron chi connectivity index (χ0n) is 10.1. The lowest BCUT2D eigenvalue weighted by Gasteiger charge is -2.33. The minimum Gasteiger partial charge on any atom is -0.392 e. The molecule has 0 aliphatic carbocycles. The van der Waals surface area contributed by atoms with E-state index in [0.717, 1.165) is 25.0 Å². The van der Waals surface area contributed by atoms with E-state index in [1.54, 1.807) is 6.92 Å². The molecule has 1 aromatic rings. The summed E-state index contributed by atoms with van der Waals surface area (Å²) in [4.78, 5) is 0. The molecule has 0 amide bonds. The second-order valence-corrected chi connectivity index (χ2v) is 4.80. The third-order valence-corrected chi connectivity index (χ3v) is 3.41. The van der Waals surface area contributed by atoms with E-state index in [2.05, 4.69) is 5.32 Å². The Labute approximate surface area is 104 Å². The monoisotopic (exact) mass is 259 g/mol. The molecule has 1 saturated heterocycles. The summed E-state index contributed by atoms with van der Waals surface area (Å²) in [6.07, 6.45) is 1.87. The highest BCUT2D eigenvalue weighted by molar-refractivity contribution is 5.23. The van der Waals surface area contributed by atoms with Crippen molar-refractivity contribution < 1.29 is 18.3 Å². The van der Waals surface area contributed by atoms with Gasteiger partial charge in [-0.2, -0.15) is 0 Å². The minimum absolute atomic E-state index is 0.0973. The van der Waals surface area contributed by atoms with E-state index in [9.17, 15) is 18.3 Å². The van der Waals surface area contributed by atoms with Crippen LogP contribution in [0.25, 0.3) is 0 Å². The minimum atomic E-state index is -1.44. The Hall–Kier alpha value is -1.07. The first-order chi connectivity index (χ1) is 8.49. The summed E-state index contributed by atoms with van der Waals surface area (Å²) in [6.45, 7) is 1.67. The van der Waals surface area contributed by atoms with Gasteiger partial charge in [-0.1, -0.05) is 0 Å². The van der Waals surface area contributed by atoms with Gasteiger partial charge in [0.2, 0.25) is 0 Å². The van der Waals surface area contributed by atoms with Gasteiger partial charge in [0.05, 0.1) is 6.10 Å². The lowest BCUT2D eigenvalue weighted by molar-refractivity contribution is 0.116. The van der Waals surface area contributed by atoms with Gasteiger partial charge in [0.1, 0.15) is 0 Å². The third-order valence-electron chi connectivity index (χ3n) is 3.41. The van der Waals surface area contributed by atoms with Crippen LogP contribution in [0.15, 0.2) is 12.1 Å². The van der Waals surface area contributed by atoms with E-state index >= 15 is 0 Å². The molecule has 1 fully saturated rings. The molecule has 2 rings (SSSR count). The molecule has 5 heteroatoms. The summed E-state index contributed by atoms with van der Waals surface area (Å²) in [5, 5.41) is 12.7. The summed E-state index contributed by atoms with van der Waals surface area (Å²) in [7, 11) is 0. The number of hydrogen-bond donors (Lipinski definition) is 2. The lowest BCUT2D eigenvalue weighted by atomic mass is 9.91. The van der Waals surface area contributed by atoms with Crippen LogP contribution >= 0.6 is 0 Å². The Morgan fingerprint density at radius 3 is 2.39 bits per heavy atom. The second-order valence-electron chi connectivity index (χ2n) is 4.80. The molecule has 1 aromatic carbocycles. The number of piperidine rings is 1. The molecule has 1 unspecified atom stereocenters. The summed E-state index contributed by atoms with van der Waals surface area (Å²) in [6, 6.07) is 1.68.